The molecule has 0 radical (unpaired) electrons. The summed E-state index contributed by atoms with van der Waals surface area (Å²) in [5, 5.41) is 19.3. The lowest BCUT2D eigenvalue weighted by atomic mass is 10.1. The predicted molar refractivity (Wildman–Crippen MR) is 98.3 cm³/mol. The van der Waals surface area contributed by atoms with Crippen LogP contribution in [0.1, 0.15) is 20.3 Å². The van der Waals surface area contributed by atoms with E-state index < -0.39 is 17.5 Å². The third kappa shape index (κ3) is 3.76. The lowest BCUT2D eigenvalue weighted by Gasteiger charge is -2.26. The van der Waals surface area contributed by atoms with Gasteiger partial charge in [0, 0.05) is 23.7 Å². The molecule has 0 spiro atoms. The molecular formula is C18H21N3O6. The number of aromatic nitrogens is 2. The second-order valence-corrected chi connectivity index (χ2v) is 5.45. The topological polar surface area (TPSA) is 122 Å². The van der Waals surface area contributed by atoms with E-state index in [9.17, 15) is 19.8 Å². The normalized spacial score (nSPS) is 10.4. The predicted octanol–water partition coefficient (Wildman–Crippen LogP) is 2.31. The molecule has 0 aliphatic carbocycles. The molecule has 0 aliphatic rings. The second kappa shape index (κ2) is 8.35. The molecule has 9 nitrogen and oxygen atoms in total. The third-order valence-corrected chi connectivity index (χ3v) is 4.07. The van der Waals surface area contributed by atoms with Crippen LogP contribution in [-0.4, -0.2) is 52.9 Å². The van der Waals surface area contributed by atoms with E-state index in [1.807, 2.05) is 0 Å². The van der Waals surface area contributed by atoms with Crippen LogP contribution in [0.4, 0.5) is 5.82 Å². The number of carbonyl (C=O) groups is 2. The number of allylic oxidation sites excluding steroid dienone is 1. The van der Waals surface area contributed by atoms with Crippen LogP contribution in [-0.2, 0) is 9.59 Å². The Morgan fingerprint density at radius 3 is 2.11 bits per heavy atom. The van der Waals surface area contributed by atoms with Crippen LogP contribution in [0.25, 0.3) is 10.9 Å². The van der Waals surface area contributed by atoms with Gasteiger partial charge in [-0.2, -0.15) is 0 Å². The van der Waals surface area contributed by atoms with Crippen LogP contribution >= 0.6 is 0 Å². The molecule has 0 fully saturated rings. The molecule has 2 N–H and O–H groups in total. The number of fused-ring (bicyclic) bond motifs is 1. The van der Waals surface area contributed by atoms with Gasteiger partial charge in [0.05, 0.1) is 19.7 Å². The molecular weight excluding hydrogens is 354 g/mol. The van der Waals surface area contributed by atoms with Crippen LogP contribution in [0.15, 0.2) is 29.7 Å². The quantitative estimate of drug-likeness (QED) is 0.406. The number of carboxylic acid groups (broad SMARTS) is 2. The lowest BCUT2D eigenvalue weighted by molar-refractivity contribution is -0.140. The van der Waals surface area contributed by atoms with Gasteiger partial charge in [0.25, 0.3) is 0 Å². The zero-order valence-electron chi connectivity index (χ0n) is 15.5. The van der Waals surface area contributed by atoms with E-state index >= 15 is 0 Å². The number of hydrogen-bond donors (Lipinski definition) is 2. The fourth-order valence-corrected chi connectivity index (χ4v) is 2.89. The van der Waals surface area contributed by atoms with Gasteiger partial charge < -0.3 is 24.6 Å². The molecule has 144 valence electrons. The number of rotatable bonds is 8. The first-order valence-corrected chi connectivity index (χ1v) is 8.23. The molecule has 0 bridgehead atoms. The highest BCUT2D eigenvalue weighted by Crippen LogP contribution is 2.36. The second-order valence-electron chi connectivity index (χ2n) is 5.45. The lowest BCUT2D eigenvalue weighted by Crippen LogP contribution is -2.28. The minimum absolute atomic E-state index is 0.146. The Balaban J connectivity index is 2.80. The number of anilines is 1. The van der Waals surface area contributed by atoms with Crippen molar-refractivity contribution in [2.24, 2.45) is 0 Å². The Morgan fingerprint density at radius 1 is 1.04 bits per heavy atom. The summed E-state index contributed by atoms with van der Waals surface area (Å²) in [5.74, 6) is -1.68. The van der Waals surface area contributed by atoms with Crippen molar-refractivity contribution in [2.75, 3.05) is 25.7 Å². The van der Waals surface area contributed by atoms with Crippen LogP contribution < -0.4 is 14.4 Å². The van der Waals surface area contributed by atoms with Crippen molar-refractivity contribution in [3.05, 3.63) is 29.7 Å². The average molecular weight is 375 g/mol. The molecule has 0 saturated heterocycles. The zero-order chi connectivity index (χ0) is 20.1. The van der Waals surface area contributed by atoms with Crippen LogP contribution in [0, 0.1) is 0 Å². The van der Waals surface area contributed by atoms with Crippen molar-refractivity contribution in [3.63, 3.8) is 0 Å². The van der Waals surface area contributed by atoms with E-state index in [1.54, 1.807) is 30.9 Å². The summed E-state index contributed by atoms with van der Waals surface area (Å²) >= 11 is 0. The van der Waals surface area contributed by atoms with Crippen molar-refractivity contribution in [3.8, 4) is 11.5 Å². The summed E-state index contributed by atoms with van der Waals surface area (Å²) in [6.45, 7) is 3.79. The van der Waals surface area contributed by atoms with Gasteiger partial charge in [-0.25, -0.2) is 19.6 Å². The molecule has 2 rings (SSSR count). The summed E-state index contributed by atoms with van der Waals surface area (Å²) in [5.41, 5.74) is 0.0117. The Bertz CT molecular complexity index is 893. The molecule has 0 amide bonds. The first-order valence-electron chi connectivity index (χ1n) is 8.23. The standard InChI is InChI=1S/C18H21N3O6/c1-5-12(15(17(22)23)18(24)25)21(6-2)16-10-7-13(26-3)14(27-4)8-11(10)19-9-20-16/h7-9H,5-6H2,1-4H3,(H,22,23)(H,24,25). The van der Waals surface area contributed by atoms with Crippen LogP contribution in [0.5, 0.6) is 11.5 Å². The Hall–Kier alpha value is -3.36. The minimum Gasteiger partial charge on any atom is -0.493 e. The van der Waals surface area contributed by atoms with Gasteiger partial charge >= 0.3 is 11.9 Å². The van der Waals surface area contributed by atoms with Crippen LogP contribution in [0.3, 0.4) is 0 Å². The molecule has 1 heterocycles. The summed E-state index contributed by atoms with van der Waals surface area (Å²) < 4.78 is 10.6. The molecule has 0 atom stereocenters. The first kappa shape index (κ1) is 20.0. The SMILES string of the molecule is CCC(=C(C(=O)O)C(=O)O)N(CC)c1ncnc2cc(OC)c(OC)cc12. The third-order valence-electron chi connectivity index (χ3n) is 4.07. The van der Waals surface area contributed by atoms with Gasteiger partial charge in [-0.15, -0.1) is 0 Å². The summed E-state index contributed by atoms with van der Waals surface area (Å²) in [7, 11) is 3.00. The monoisotopic (exact) mass is 375 g/mol. The van der Waals surface area contributed by atoms with E-state index in [2.05, 4.69) is 9.97 Å². The Morgan fingerprint density at radius 2 is 1.63 bits per heavy atom. The van der Waals surface area contributed by atoms with Gasteiger partial charge in [-0.05, 0) is 19.4 Å². The number of hydrogen-bond acceptors (Lipinski definition) is 7. The fraction of sp³-hybridized carbons (Fsp3) is 0.333. The summed E-state index contributed by atoms with van der Waals surface area (Å²) in [4.78, 5) is 33.1. The highest BCUT2D eigenvalue weighted by Gasteiger charge is 2.26. The van der Waals surface area contributed by atoms with Gasteiger partial charge in [-0.3, -0.25) is 0 Å². The van der Waals surface area contributed by atoms with Crippen molar-refractivity contribution in [2.45, 2.75) is 20.3 Å². The smallest absolute Gasteiger partial charge is 0.344 e. The molecule has 1 aromatic heterocycles. The number of ether oxygens (including phenoxy) is 2. The van der Waals surface area contributed by atoms with Crippen molar-refractivity contribution < 1.29 is 29.3 Å². The van der Waals surface area contributed by atoms with Gasteiger partial charge in [-0.1, -0.05) is 6.92 Å². The fourth-order valence-electron chi connectivity index (χ4n) is 2.89. The molecule has 0 unspecified atom stereocenters. The maximum atomic E-state index is 11.5. The van der Waals surface area contributed by atoms with Crippen molar-refractivity contribution in [1.29, 1.82) is 0 Å². The van der Waals surface area contributed by atoms with Gasteiger partial charge in [0.2, 0.25) is 0 Å². The van der Waals surface area contributed by atoms with E-state index in [0.29, 0.717) is 34.8 Å². The number of nitrogens with zero attached hydrogens (tertiary/aromatic N) is 3. The maximum Gasteiger partial charge on any atom is 0.344 e. The Kier molecular flexibility index (Phi) is 6.17. The zero-order valence-corrected chi connectivity index (χ0v) is 15.5. The van der Waals surface area contributed by atoms with Crippen molar-refractivity contribution in [1.82, 2.24) is 9.97 Å². The first-order chi connectivity index (χ1) is 12.9. The largest absolute Gasteiger partial charge is 0.493 e. The summed E-state index contributed by atoms with van der Waals surface area (Å²) in [6.07, 6.45) is 1.53. The molecule has 0 saturated carbocycles. The van der Waals surface area contributed by atoms with Crippen molar-refractivity contribution >= 4 is 28.7 Å². The highest BCUT2D eigenvalue weighted by atomic mass is 16.5. The highest BCUT2D eigenvalue weighted by molar-refractivity contribution is 6.13. The van der Waals surface area contributed by atoms with E-state index in [-0.39, 0.29) is 12.1 Å². The number of aliphatic carboxylic acids is 2. The van der Waals surface area contributed by atoms with Gasteiger partial charge in [0.1, 0.15) is 12.1 Å². The number of benzene rings is 1. The van der Waals surface area contributed by atoms with E-state index in [0.717, 1.165) is 0 Å². The number of carboxylic acids is 2. The Labute approximate surface area is 155 Å². The van der Waals surface area contributed by atoms with Gasteiger partial charge in [0.15, 0.2) is 17.1 Å². The molecule has 9 heteroatoms. The molecule has 0 aliphatic heterocycles. The van der Waals surface area contributed by atoms with E-state index in [4.69, 9.17) is 9.47 Å². The average Bonchev–Trinajstić information content (AvgIpc) is 2.65. The van der Waals surface area contributed by atoms with E-state index in [1.165, 1.54) is 20.5 Å². The molecule has 1 aromatic carbocycles. The minimum atomic E-state index is -1.50. The van der Waals surface area contributed by atoms with Crippen LogP contribution in [0.2, 0.25) is 0 Å². The molecule has 27 heavy (non-hydrogen) atoms. The maximum absolute atomic E-state index is 11.5. The number of methoxy groups -OCH3 is 2. The molecule has 2 aromatic rings. The summed E-state index contributed by atoms with van der Waals surface area (Å²) in [6, 6.07) is 3.36.